The van der Waals surface area contributed by atoms with E-state index in [4.69, 9.17) is 37.9 Å². The summed E-state index contributed by atoms with van der Waals surface area (Å²) in [4.78, 5) is 67.2. The number of carbonyl (C=O) groups is 5. The number of amides is 5. The lowest BCUT2D eigenvalue weighted by atomic mass is 9.82. The summed E-state index contributed by atoms with van der Waals surface area (Å²) in [5, 5.41) is 70.3. The van der Waals surface area contributed by atoms with Gasteiger partial charge in [-0.2, -0.15) is 0 Å². The van der Waals surface area contributed by atoms with Crippen LogP contribution in [-0.4, -0.2) is 202 Å². The highest BCUT2D eigenvalue weighted by Crippen LogP contribution is 2.50. The molecule has 0 spiro atoms. The van der Waals surface area contributed by atoms with E-state index in [1.807, 2.05) is 0 Å². The van der Waals surface area contributed by atoms with E-state index in [0.717, 1.165) is 4.90 Å². The lowest BCUT2D eigenvalue weighted by Crippen LogP contribution is -2.71. The van der Waals surface area contributed by atoms with Gasteiger partial charge in [-0.1, -0.05) is 0 Å². The fraction of sp³-hybridized carbons (Fsp3) is 0.891. The minimum atomic E-state index is -1.87. The van der Waals surface area contributed by atoms with Crippen LogP contribution >= 0.6 is 0 Å². The molecule has 2 saturated carbocycles. The molecule has 24 nitrogen and oxygen atoms in total. The van der Waals surface area contributed by atoms with Crippen LogP contribution in [0.3, 0.4) is 0 Å². The summed E-state index contributed by atoms with van der Waals surface area (Å²) in [5.74, 6) is -1.04. The van der Waals surface area contributed by atoms with Gasteiger partial charge in [0.25, 0.3) is 0 Å². The first-order chi connectivity index (χ1) is 32.1. The largest absolute Gasteiger partial charge is 0.444 e. The molecule has 0 aromatic carbocycles. The van der Waals surface area contributed by atoms with Gasteiger partial charge >= 0.3 is 24.4 Å². The molecular weight excluding hydrogens is 925 g/mol. The van der Waals surface area contributed by atoms with Gasteiger partial charge < -0.3 is 94.9 Å². The van der Waals surface area contributed by atoms with E-state index in [9.17, 15) is 49.5 Å². The van der Waals surface area contributed by atoms with Crippen LogP contribution in [-0.2, 0) is 42.7 Å². The molecule has 0 aromatic heterocycles. The number of fused-ring (bicyclic) bond motifs is 1. The number of rotatable bonds is 16. The van der Waals surface area contributed by atoms with E-state index in [1.165, 1.54) is 14.0 Å². The third-order valence-electron chi connectivity index (χ3n) is 11.6. The highest BCUT2D eigenvalue weighted by molar-refractivity contribution is 5.81. The zero-order valence-electron chi connectivity index (χ0n) is 43.2. The number of hydrogen-bond acceptors (Lipinski definition) is 19. The second-order valence-corrected chi connectivity index (χ2v) is 22.8. The highest BCUT2D eigenvalue weighted by Gasteiger charge is 2.60. The van der Waals surface area contributed by atoms with Gasteiger partial charge in [0.05, 0.1) is 43.5 Å². The molecule has 2 aliphatic carbocycles. The maximum Gasteiger partial charge on any atom is 0.410 e. The van der Waals surface area contributed by atoms with Gasteiger partial charge in [0.1, 0.15) is 58.5 Å². The standard InChI is InChI=1S/C46H82N6O18/c1-42(2,3)67-38(58)48-16-15-28(54)35(57)49-25-20-26(50-39(59)68-43(4,5)6)33(65-36-27(51-40(60)69-44(7,8)9)19-23-24(31(23)64-36)21-47-17-18-53)29(55)32(25)66-37-30(56)34(46(13,62)22-63-37)52(14)41(61)70-45(10,11)12/h23-34,36-37,47,53-56,62H,15-22H2,1-14H3,(H,48,58)(H,49,57)(H,50,59)(H,51,60)/t23-,24?,25?,26?,27?,28?,29?,30?,31?,32?,33?,34?,36?,37?,46?/m1/s1. The lowest BCUT2D eigenvalue weighted by molar-refractivity contribution is -0.313. The summed E-state index contributed by atoms with van der Waals surface area (Å²) < 4.78 is 47.3. The zero-order chi connectivity index (χ0) is 52.9. The van der Waals surface area contributed by atoms with Gasteiger partial charge in [-0.3, -0.25) is 4.79 Å². The van der Waals surface area contributed by atoms with Gasteiger partial charge in [0.15, 0.2) is 12.6 Å². The van der Waals surface area contributed by atoms with Crippen molar-refractivity contribution in [3.63, 3.8) is 0 Å². The third-order valence-corrected chi connectivity index (χ3v) is 11.6. The third kappa shape index (κ3) is 17.4. The summed E-state index contributed by atoms with van der Waals surface area (Å²) in [6.45, 7) is 21.4. The molecule has 5 amide bonds. The molecule has 404 valence electrons. The smallest absolute Gasteiger partial charge is 0.410 e. The maximum absolute atomic E-state index is 13.8. The summed E-state index contributed by atoms with van der Waals surface area (Å²) in [5.41, 5.74) is -5.48. The van der Waals surface area contributed by atoms with E-state index < -0.39 is 132 Å². The Morgan fingerprint density at radius 3 is 1.77 bits per heavy atom. The Balaban J connectivity index is 1.73. The second kappa shape index (κ2) is 23.4. The molecule has 2 heterocycles. The lowest BCUT2D eigenvalue weighted by Gasteiger charge is -2.50. The Labute approximate surface area is 410 Å². The minimum Gasteiger partial charge on any atom is -0.444 e. The highest BCUT2D eigenvalue weighted by atomic mass is 16.7. The quantitative estimate of drug-likeness (QED) is 0.0752. The molecular formula is C46H82N6O18. The van der Waals surface area contributed by atoms with Crippen LogP contribution < -0.4 is 26.6 Å². The molecule has 10 N–H and O–H groups in total. The average Bonchev–Trinajstić information content (AvgIpc) is 3.85. The topological polar surface area (TPSA) is 324 Å². The summed E-state index contributed by atoms with van der Waals surface area (Å²) >= 11 is 0. The van der Waals surface area contributed by atoms with E-state index in [1.54, 1.807) is 83.1 Å². The number of aliphatic hydroxyl groups excluding tert-OH is 4. The maximum atomic E-state index is 13.8. The van der Waals surface area contributed by atoms with E-state index >= 15 is 0 Å². The molecule has 70 heavy (non-hydrogen) atoms. The van der Waals surface area contributed by atoms with Crippen molar-refractivity contribution in [1.29, 1.82) is 0 Å². The average molecular weight is 1010 g/mol. The number of alkyl carbamates (subject to hydrolysis) is 3. The molecule has 15 atom stereocenters. The van der Waals surface area contributed by atoms with Crippen LogP contribution in [0, 0.1) is 11.8 Å². The first-order valence-electron chi connectivity index (χ1n) is 24.0. The Morgan fingerprint density at radius 1 is 0.714 bits per heavy atom. The molecule has 24 heteroatoms. The van der Waals surface area contributed by atoms with Crippen molar-refractivity contribution in [1.82, 2.24) is 31.5 Å². The number of aliphatic hydroxyl groups is 5. The molecule has 0 aromatic rings. The second-order valence-electron chi connectivity index (χ2n) is 22.8. The van der Waals surface area contributed by atoms with Crippen LogP contribution in [0.5, 0.6) is 0 Å². The Bertz CT molecular complexity index is 1780. The number of nitrogens with one attached hydrogen (secondary N) is 5. The van der Waals surface area contributed by atoms with Crippen molar-refractivity contribution < 1.29 is 87.4 Å². The van der Waals surface area contributed by atoms with Crippen molar-refractivity contribution in [2.45, 2.75) is 211 Å². The van der Waals surface area contributed by atoms with Gasteiger partial charge in [-0.15, -0.1) is 0 Å². The Hall–Kier alpha value is -3.85. The molecule has 0 radical (unpaired) electrons. The fourth-order valence-corrected chi connectivity index (χ4v) is 8.71. The van der Waals surface area contributed by atoms with Crippen LogP contribution in [0.25, 0.3) is 0 Å². The van der Waals surface area contributed by atoms with Crippen LogP contribution in [0.4, 0.5) is 19.2 Å². The van der Waals surface area contributed by atoms with Crippen molar-refractivity contribution in [3.05, 3.63) is 0 Å². The van der Waals surface area contributed by atoms with Gasteiger partial charge in [0.2, 0.25) is 5.91 Å². The number of ether oxygens (including phenoxy) is 8. The molecule has 2 aliphatic heterocycles. The molecule has 4 rings (SSSR count). The van der Waals surface area contributed by atoms with Gasteiger partial charge in [-0.25, -0.2) is 19.2 Å². The fourth-order valence-electron chi connectivity index (χ4n) is 8.71. The minimum absolute atomic E-state index is 0.0340. The number of likely N-dealkylation sites (N-methyl/N-ethyl adjacent to an activating group) is 1. The van der Waals surface area contributed by atoms with E-state index in [0.29, 0.717) is 19.5 Å². The summed E-state index contributed by atoms with van der Waals surface area (Å²) in [7, 11) is 1.32. The molecule has 4 aliphatic rings. The monoisotopic (exact) mass is 1010 g/mol. The molecule has 4 fully saturated rings. The zero-order valence-corrected chi connectivity index (χ0v) is 43.2. The number of carbonyl (C=O) groups excluding carboxylic acids is 5. The van der Waals surface area contributed by atoms with Gasteiger partial charge in [-0.05, 0) is 115 Å². The summed E-state index contributed by atoms with van der Waals surface area (Å²) in [6.07, 6.45) is -15.5. The van der Waals surface area contributed by atoms with Crippen LogP contribution in [0.15, 0.2) is 0 Å². The molecule has 0 bridgehead atoms. The van der Waals surface area contributed by atoms with E-state index in [2.05, 4.69) is 26.6 Å². The van der Waals surface area contributed by atoms with Crippen molar-refractivity contribution >= 4 is 30.3 Å². The van der Waals surface area contributed by atoms with Crippen molar-refractivity contribution in [2.75, 3.05) is 39.9 Å². The van der Waals surface area contributed by atoms with Gasteiger partial charge in [0, 0.05) is 32.6 Å². The summed E-state index contributed by atoms with van der Waals surface area (Å²) in [6, 6.07) is -4.84. The van der Waals surface area contributed by atoms with E-state index in [-0.39, 0.29) is 43.9 Å². The molecule has 2 saturated heterocycles. The predicted octanol–water partition coefficient (Wildman–Crippen LogP) is 0.715. The SMILES string of the molecule is CN(C(=O)OC(C)(C)C)C1C(O)C(OC2C(NC(=O)C(O)CCNC(=O)OC(C)(C)C)CC(NC(=O)OC(C)(C)C)C(OC3OC4C(CNCCO)[C@H]4CC3NC(=O)OC(C)(C)C)C2O)OCC1(C)O. The van der Waals surface area contributed by atoms with Crippen LogP contribution in [0.1, 0.15) is 109 Å². The van der Waals surface area contributed by atoms with Crippen molar-refractivity contribution in [2.24, 2.45) is 11.8 Å². The Kier molecular flexibility index (Phi) is 19.6. The number of hydrogen-bond donors (Lipinski definition) is 10. The Morgan fingerprint density at radius 2 is 1.23 bits per heavy atom. The predicted molar refractivity (Wildman–Crippen MR) is 248 cm³/mol. The molecule has 14 unspecified atom stereocenters. The first-order valence-corrected chi connectivity index (χ1v) is 24.0. The van der Waals surface area contributed by atoms with Crippen molar-refractivity contribution in [3.8, 4) is 0 Å². The number of nitrogens with zero attached hydrogens (tertiary/aromatic N) is 1. The van der Waals surface area contributed by atoms with Crippen LogP contribution in [0.2, 0.25) is 0 Å². The normalized spacial score (nSPS) is 32.8. The first kappa shape index (κ1) is 58.7.